The van der Waals surface area contributed by atoms with Crippen LogP contribution in [-0.4, -0.2) is 42.9 Å². The summed E-state index contributed by atoms with van der Waals surface area (Å²) in [6.45, 7) is 14.8. The molecular formula is C36H46O8. The van der Waals surface area contributed by atoms with Gasteiger partial charge in [0.15, 0.2) is 17.3 Å². The summed E-state index contributed by atoms with van der Waals surface area (Å²) < 4.78 is 0. The van der Waals surface area contributed by atoms with Crippen molar-refractivity contribution in [2.45, 2.75) is 99.8 Å². The Balaban J connectivity index is 1.77. The maximum Gasteiger partial charge on any atom is 0.183 e. The van der Waals surface area contributed by atoms with Crippen LogP contribution in [0.5, 0.6) is 17.2 Å². The number of aliphatic hydroxyl groups is 2. The SMILES string of the molecule is CCCC(=O)c1c(O)c(CC2=C(O)C(C)(C)C(=O)C(C(C)=O)=C2O)c(O)c(C2C=C3CCCC(C)C3(C)C3C2C3(C)C)c1O. The van der Waals surface area contributed by atoms with Gasteiger partial charge >= 0.3 is 0 Å². The van der Waals surface area contributed by atoms with Crippen LogP contribution in [0, 0.1) is 34.0 Å². The minimum Gasteiger partial charge on any atom is -0.511 e. The maximum absolute atomic E-state index is 13.4. The Morgan fingerprint density at radius 3 is 2.20 bits per heavy atom. The van der Waals surface area contributed by atoms with Crippen LogP contribution in [0.4, 0.5) is 0 Å². The predicted molar refractivity (Wildman–Crippen MR) is 166 cm³/mol. The van der Waals surface area contributed by atoms with Crippen LogP contribution in [0.3, 0.4) is 0 Å². The predicted octanol–water partition coefficient (Wildman–Crippen LogP) is 7.27. The van der Waals surface area contributed by atoms with Gasteiger partial charge in [0.05, 0.1) is 5.41 Å². The van der Waals surface area contributed by atoms with Crippen molar-refractivity contribution in [2.24, 2.45) is 34.0 Å². The van der Waals surface area contributed by atoms with Crippen molar-refractivity contribution in [3.8, 4) is 17.2 Å². The van der Waals surface area contributed by atoms with Crippen molar-refractivity contribution >= 4 is 17.3 Å². The van der Waals surface area contributed by atoms with Crippen molar-refractivity contribution < 1.29 is 39.9 Å². The second-order valence-corrected chi connectivity index (χ2v) is 14.8. The number of phenols is 3. The van der Waals surface area contributed by atoms with Gasteiger partial charge in [-0.2, -0.15) is 0 Å². The summed E-state index contributed by atoms with van der Waals surface area (Å²) in [4.78, 5) is 38.8. The van der Waals surface area contributed by atoms with Crippen LogP contribution >= 0.6 is 0 Å². The third-order valence-electron chi connectivity index (χ3n) is 11.7. The van der Waals surface area contributed by atoms with Crippen LogP contribution in [0.25, 0.3) is 0 Å². The molecule has 8 nitrogen and oxygen atoms in total. The molecule has 0 heterocycles. The molecule has 0 aliphatic heterocycles. The van der Waals surface area contributed by atoms with Crippen LogP contribution in [-0.2, 0) is 16.0 Å². The van der Waals surface area contributed by atoms with Gasteiger partial charge in [0.2, 0.25) is 0 Å². The number of aliphatic hydroxyl groups excluding tert-OH is 2. The first-order valence-electron chi connectivity index (χ1n) is 15.8. The van der Waals surface area contributed by atoms with Gasteiger partial charge < -0.3 is 25.5 Å². The van der Waals surface area contributed by atoms with Gasteiger partial charge in [0, 0.05) is 35.5 Å². The zero-order chi connectivity index (χ0) is 32.8. The smallest absolute Gasteiger partial charge is 0.183 e. The third-order valence-corrected chi connectivity index (χ3v) is 11.7. The second kappa shape index (κ2) is 10.2. The number of allylic oxidation sites excluding steroid dienone is 5. The van der Waals surface area contributed by atoms with Crippen molar-refractivity contribution in [3.63, 3.8) is 0 Å². The van der Waals surface area contributed by atoms with Gasteiger partial charge in [-0.25, -0.2) is 0 Å². The van der Waals surface area contributed by atoms with Crippen molar-refractivity contribution in [1.29, 1.82) is 0 Å². The molecule has 5 N–H and O–H groups in total. The molecule has 0 amide bonds. The highest BCUT2D eigenvalue weighted by Crippen LogP contribution is 2.78. The molecule has 1 aromatic carbocycles. The molecule has 4 aliphatic rings. The molecule has 238 valence electrons. The van der Waals surface area contributed by atoms with E-state index in [0.29, 0.717) is 12.3 Å². The van der Waals surface area contributed by atoms with Crippen molar-refractivity contribution in [3.05, 3.63) is 51.0 Å². The lowest BCUT2D eigenvalue weighted by Gasteiger charge is -2.46. The number of fused-ring (bicyclic) bond motifs is 3. The number of rotatable bonds is 7. The Bertz CT molecular complexity index is 1590. The zero-order valence-electron chi connectivity index (χ0n) is 27.1. The Hall–Kier alpha value is -3.55. The number of aromatic hydroxyl groups is 3. The molecule has 4 aliphatic carbocycles. The zero-order valence-corrected chi connectivity index (χ0v) is 27.1. The Labute approximate surface area is 259 Å². The summed E-state index contributed by atoms with van der Waals surface area (Å²) in [6, 6.07) is 0. The quantitative estimate of drug-likeness (QED) is 0.123. The molecule has 0 aromatic heterocycles. The molecule has 0 saturated heterocycles. The Kier molecular flexibility index (Phi) is 7.42. The summed E-state index contributed by atoms with van der Waals surface area (Å²) in [5.74, 6) is -4.37. The summed E-state index contributed by atoms with van der Waals surface area (Å²) >= 11 is 0. The Morgan fingerprint density at radius 2 is 1.61 bits per heavy atom. The first-order valence-corrected chi connectivity index (χ1v) is 15.8. The lowest BCUT2D eigenvalue weighted by Crippen LogP contribution is -2.37. The summed E-state index contributed by atoms with van der Waals surface area (Å²) in [6.07, 6.45) is 5.23. The summed E-state index contributed by atoms with van der Waals surface area (Å²) in [7, 11) is 0. The number of hydrogen-bond donors (Lipinski definition) is 5. The largest absolute Gasteiger partial charge is 0.511 e. The second-order valence-electron chi connectivity index (χ2n) is 14.8. The fourth-order valence-electron chi connectivity index (χ4n) is 9.05. The van der Waals surface area contributed by atoms with E-state index in [-0.39, 0.29) is 51.4 Å². The number of carbonyl (C=O) groups excluding carboxylic acids is 3. The van der Waals surface area contributed by atoms with Crippen LogP contribution in [0.15, 0.2) is 34.3 Å². The molecule has 2 saturated carbocycles. The first kappa shape index (κ1) is 31.9. The van der Waals surface area contributed by atoms with Crippen LogP contribution < -0.4 is 0 Å². The summed E-state index contributed by atoms with van der Waals surface area (Å²) in [5, 5.41) is 57.4. The maximum atomic E-state index is 13.4. The van der Waals surface area contributed by atoms with Gasteiger partial charge in [-0.05, 0) is 75.0 Å². The molecule has 44 heavy (non-hydrogen) atoms. The molecule has 1 aromatic rings. The van der Waals surface area contributed by atoms with E-state index >= 15 is 0 Å². The van der Waals surface area contributed by atoms with E-state index in [4.69, 9.17) is 0 Å². The standard InChI is InChI=1S/C36H46O8/c1-9-11-22(38)25-28(40)20(15-21-29(41)23(17(3)37)33(44)35(6,7)32(21)43)27(39)24(30(25)42)19-14-18-13-10-12-16(2)36(18,8)31-26(19)34(31,4)5/h14,16,19,26,31,39-43H,9-13,15H2,1-8H3. The molecule has 0 bridgehead atoms. The number of benzene rings is 1. The van der Waals surface area contributed by atoms with Gasteiger partial charge in [0.25, 0.3) is 0 Å². The van der Waals surface area contributed by atoms with Gasteiger partial charge in [-0.15, -0.1) is 0 Å². The average Bonchev–Trinajstić information content (AvgIpc) is 3.52. The third kappa shape index (κ3) is 4.19. The van der Waals surface area contributed by atoms with E-state index in [1.54, 1.807) is 6.92 Å². The monoisotopic (exact) mass is 606 g/mol. The lowest BCUT2D eigenvalue weighted by atomic mass is 9.58. The number of hydrogen-bond acceptors (Lipinski definition) is 8. The first-order chi connectivity index (χ1) is 20.4. The number of Topliss-reactive ketones (excluding diaryl/α,β-unsaturated/α-hetero) is 3. The minimum atomic E-state index is -1.56. The van der Waals surface area contributed by atoms with E-state index < -0.39 is 69.4 Å². The van der Waals surface area contributed by atoms with Crippen molar-refractivity contribution in [1.82, 2.24) is 0 Å². The number of ketones is 3. The topological polar surface area (TPSA) is 152 Å². The average molecular weight is 607 g/mol. The molecule has 5 rings (SSSR count). The number of phenolic OH excluding ortho intramolecular Hbond substituents is 3. The van der Waals surface area contributed by atoms with Crippen LogP contribution in [0.2, 0.25) is 0 Å². The van der Waals surface area contributed by atoms with Gasteiger partial charge in [-0.1, -0.05) is 46.3 Å². The van der Waals surface area contributed by atoms with E-state index in [9.17, 15) is 39.9 Å². The fourth-order valence-corrected chi connectivity index (χ4v) is 9.05. The number of carbonyl (C=O) groups is 3. The van der Waals surface area contributed by atoms with E-state index in [0.717, 1.165) is 26.2 Å². The highest BCUT2D eigenvalue weighted by molar-refractivity contribution is 6.23. The highest BCUT2D eigenvalue weighted by Gasteiger charge is 2.71. The molecule has 5 unspecified atom stereocenters. The van der Waals surface area contributed by atoms with Crippen molar-refractivity contribution in [2.75, 3.05) is 0 Å². The van der Waals surface area contributed by atoms with E-state index in [1.807, 2.05) is 0 Å². The fraction of sp³-hybridized carbons (Fsp3) is 0.583. The molecule has 0 spiro atoms. The van der Waals surface area contributed by atoms with E-state index in [1.165, 1.54) is 19.4 Å². The Morgan fingerprint density at radius 1 is 0.977 bits per heavy atom. The molecule has 8 heteroatoms. The van der Waals surface area contributed by atoms with Crippen LogP contribution in [0.1, 0.15) is 115 Å². The minimum absolute atomic E-state index is 0.0226. The molecule has 5 atom stereocenters. The van der Waals surface area contributed by atoms with Gasteiger partial charge in [0.1, 0.15) is 39.9 Å². The molecule has 2 fully saturated rings. The summed E-state index contributed by atoms with van der Waals surface area (Å²) in [5.41, 5.74) is -1.45. The molecular weight excluding hydrogens is 560 g/mol. The lowest BCUT2D eigenvalue weighted by molar-refractivity contribution is -0.126. The van der Waals surface area contributed by atoms with E-state index in [2.05, 4.69) is 33.8 Å². The molecule has 0 radical (unpaired) electrons. The normalized spacial score (nSPS) is 30.5. The highest BCUT2D eigenvalue weighted by atomic mass is 16.3. The van der Waals surface area contributed by atoms with Gasteiger partial charge in [-0.3, -0.25) is 14.4 Å².